The van der Waals surface area contributed by atoms with E-state index in [1.165, 1.54) is 11.8 Å². The number of halogens is 1. The lowest BCUT2D eigenvalue weighted by molar-refractivity contribution is -0.115. The van der Waals surface area contributed by atoms with Crippen LogP contribution in [0, 0.1) is 0 Å². The molecule has 2 heterocycles. The van der Waals surface area contributed by atoms with Gasteiger partial charge < -0.3 is 10.6 Å². The third-order valence-corrected chi connectivity index (χ3v) is 6.23. The van der Waals surface area contributed by atoms with Crippen molar-refractivity contribution in [2.75, 3.05) is 5.32 Å². The van der Waals surface area contributed by atoms with Gasteiger partial charge in [-0.3, -0.25) is 19.6 Å². The van der Waals surface area contributed by atoms with Gasteiger partial charge in [-0.25, -0.2) is 4.99 Å². The number of aromatic nitrogens is 2. The minimum atomic E-state index is -0.277. The van der Waals surface area contributed by atoms with E-state index in [0.29, 0.717) is 27.0 Å². The summed E-state index contributed by atoms with van der Waals surface area (Å²) in [6.45, 7) is 0. The monoisotopic (exact) mass is 485 g/mol. The van der Waals surface area contributed by atoms with Crippen LogP contribution in [-0.4, -0.2) is 26.9 Å². The molecule has 0 saturated carbocycles. The van der Waals surface area contributed by atoms with Gasteiger partial charge in [-0.15, -0.1) is 0 Å². The quantitative estimate of drug-likeness (QED) is 0.376. The van der Waals surface area contributed by atoms with Crippen molar-refractivity contribution in [2.45, 2.75) is 0 Å². The second-order valence-electron chi connectivity index (χ2n) is 7.25. The maximum absolute atomic E-state index is 12.5. The van der Waals surface area contributed by atoms with Crippen LogP contribution in [0.15, 0.2) is 89.0 Å². The predicted octanol–water partition coefficient (Wildman–Crippen LogP) is 5.43. The largest absolute Gasteiger partial charge is 0.321 e. The number of aliphatic imine (C=N–C) groups is 1. The zero-order chi connectivity index (χ0) is 23.5. The molecule has 1 saturated heterocycles. The molecule has 166 valence electrons. The van der Waals surface area contributed by atoms with Crippen LogP contribution in [-0.2, 0) is 4.79 Å². The Kier molecular flexibility index (Phi) is 6.07. The highest BCUT2D eigenvalue weighted by Gasteiger charge is 2.24. The highest BCUT2D eigenvalue weighted by Crippen LogP contribution is 2.35. The molecule has 1 aromatic heterocycles. The lowest BCUT2D eigenvalue weighted by Crippen LogP contribution is -2.19. The Labute approximate surface area is 204 Å². The summed E-state index contributed by atoms with van der Waals surface area (Å²) in [7, 11) is 0. The first-order valence-electron chi connectivity index (χ1n) is 10.2. The van der Waals surface area contributed by atoms with E-state index >= 15 is 0 Å². The van der Waals surface area contributed by atoms with Crippen molar-refractivity contribution in [1.29, 1.82) is 0 Å². The highest BCUT2D eigenvalue weighted by atomic mass is 35.5. The van der Waals surface area contributed by atoms with Gasteiger partial charge in [0.2, 0.25) is 0 Å². The molecule has 0 atom stereocenters. The van der Waals surface area contributed by atoms with Gasteiger partial charge in [0, 0.05) is 18.0 Å². The Balaban J connectivity index is 1.37. The smallest absolute Gasteiger partial charge is 0.264 e. The molecule has 34 heavy (non-hydrogen) atoms. The van der Waals surface area contributed by atoms with Crippen LogP contribution in [0.2, 0.25) is 5.02 Å². The molecule has 2 amide bonds. The van der Waals surface area contributed by atoms with E-state index in [0.717, 1.165) is 16.6 Å². The summed E-state index contributed by atoms with van der Waals surface area (Å²) in [5.74, 6) is -0.534. The van der Waals surface area contributed by atoms with Crippen LogP contribution in [0.4, 0.5) is 11.4 Å². The SMILES string of the molecule is O=C1NC(=Nc2cccc(NC(=O)c3ccccc3)c2Cl)SC1=Cc1ccc2nccnc2c1. The molecule has 0 radical (unpaired) electrons. The molecule has 1 fully saturated rings. The van der Waals surface area contributed by atoms with Gasteiger partial charge in [0.05, 0.1) is 32.3 Å². The lowest BCUT2D eigenvalue weighted by atomic mass is 10.2. The fourth-order valence-electron chi connectivity index (χ4n) is 3.30. The summed E-state index contributed by atoms with van der Waals surface area (Å²) in [5.41, 5.74) is 3.73. The Morgan fingerprint density at radius 3 is 2.62 bits per heavy atom. The number of hydrogen-bond donors (Lipinski definition) is 2. The molecule has 4 aromatic rings. The Morgan fingerprint density at radius 2 is 1.79 bits per heavy atom. The molecule has 0 unspecified atom stereocenters. The zero-order valence-corrected chi connectivity index (χ0v) is 19.1. The molecule has 0 aliphatic carbocycles. The zero-order valence-electron chi connectivity index (χ0n) is 17.5. The van der Waals surface area contributed by atoms with E-state index in [9.17, 15) is 9.59 Å². The van der Waals surface area contributed by atoms with Crippen molar-refractivity contribution in [3.05, 3.63) is 100 Å². The van der Waals surface area contributed by atoms with Gasteiger partial charge in [0.15, 0.2) is 5.17 Å². The van der Waals surface area contributed by atoms with Crippen molar-refractivity contribution < 1.29 is 9.59 Å². The van der Waals surface area contributed by atoms with Gasteiger partial charge in [-0.2, -0.15) is 0 Å². The Morgan fingerprint density at radius 1 is 1.00 bits per heavy atom. The molecule has 9 heteroatoms. The number of hydrogen-bond acceptors (Lipinski definition) is 6. The van der Waals surface area contributed by atoms with Crippen molar-refractivity contribution in [3.8, 4) is 0 Å². The number of anilines is 1. The number of thioether (sulfide) groups is 1. The number of fused-ring (bicyclic) bond motifs is 1. The fourth-order valence-corrected chi connectivity index (χ4v) is 4.35. The summed E-state index contributed by atoms with van der Waals surface area (Å²) in [6, 6.07) is 19.6. The third kappa shape index (κ3) is 4.68. The van der Waals surface area contributed by atoms with Crippen molar-refractivity contribution >= 4 is 68.8 Å². The van der Waals surface area contributed by atoms with Gasteiger partial charge in [0.25, 0.3) is 11.8 Å². The fraction of sp³-hybridized carbons (Fsp3) is 0. The van der Waals surface area contributed by atoms with Crippen LogP contribution in [0.3, 0.4) is 0 Å². The minimum absolute atomic E-state index is 0.257. The second kappa shape index (κ2) is 9.46. The standard InChI is InChI=1S/C25H16ClN5O2S/c26-22-18(29-23(32)16-5-2-1-3-6-16)7-4-8-19(22)30-25-31-24(33)21(34-25)14-15-9-10-17-20(13-15)28-12-11-27-17/h1-14H,(H,29,32)(H,30,31,33). The van der Waals surface area contributed by atoms with Crippen LogP contribution in [0.1, 0.15) is 15.9 Å². The van der Waals surface area contributed by atoms with E-state index < -0.39 is 0 Å². The molecule has 1 aliphatic rings. The summed E-state index contributed by atoms with van der Waals surface area (Å²) in [6.07, 6.45) is 5.03. The van der Waals surface area contributed by atoms with E-state index in [1.54, 1.807) is 60.9 Å². The predicted molar refractivity (Wildman–Crippen MR) is 136 cm³/mol. The molecule has 7 nitrogen and oxygen atoms in total. The molecule has 0 spiro atoms. The Bertz CT molecular complexity index is 1490. The van der Waals surface area contributed by atoms with E-state index in [-0.39, 0.29) is 16.8 Å². The van der Waals surface area contributed by atoms with Gasteiger partial charge >= 0.3 is 0 Å². The molecule has 0 bridgehead atoms. The Hall–Kier alpha value is -4.01. The summed E-state index contributed by atoms with van der Waals surface area (Å²) < 4.78 is 0. The molecule has 3 aromatic carbocycles. The van der Waals surface area contributed by atoms with Gasteiger partial charge in [-0.05, 0) is 59.8 Å². The van der Waals surface area contributed by atoms with Crippen LogP contribution < -0.4 is 10.6 Å². The average Bonchev–Trinajstić information content (AvgIpc) is 3.20. The number of carbonyl (C=O) groups is 2. The van der Waals surface area contributed by atoms with Crippen molar-refractivity contribution in [1.82, 2.24) is 15.3 Å². The van der Waals surface area contributed by atoms with E-state index in [2.05, 4.69) is 25.6 Å². The van der Waals surface area contributed by atoms with Crippen molar-refractivity contribution in [3.63, 3.8) is 0 Å². The molecule has 2 N–H and O–H groups in total. The number of nitrogens with zero attached hydrogens (tertiary/aromatic N) is 3. The molecule has 5 rings (SSSR count). The van der Waals surface area contributed by atoms with E-state index in [4.69, 9.17) is 11.6 Å². The average molecular weight is 486 g/mol. The first-order valence-corrected chi connectivity index (χ1v) is 11.4. The van der Waals surface area contributed by atoms with Crippen LogP contribution >= 0.6 is 23.4 Å². The number of carbonyl (C=O) groups excluding carboxylic acids is 2. The van der Waals surface area contributed by atoms with Crippen LogP contribution in [0.25, 0.3) is 17.1 Å². The normalized spacial score (nSPS) is 15.6. The molecular weight excluding hydrogens is 470 g/mol. The minimum Gasteiger partial charge on any atom is -0.321 e. The molecule has 1 aliphatic heterocycles. The van der Waals surface area contributed by atoms with Gasteiger partial charge in [-0.1, -0.05) is 41.9 Å². The van der Waals surface area contributed by atoms with Gasteiger partial charge in [0.1, 0.15) is 0 Å². The second-order valence-corrected chi connectivity index (χ2v) is 8.65. The maximum atomic E-state index is 12.5. The van der Waals surface area contributed by atoms with E-state index in [1.807, 2.05) is 24.3 Å². The van der Waals surface area contributed by atoms with Crippen molar-refractivity contribution in [2.24, 2.45) is 4.99 Å². The highest BCUT2D eigenvalue weighted by molar-refractivity contribution is 8.18. The summed E-state index contributed by atoms with van der Waals surface area (Å²) in [5, 5.41) is 6.23. The maximum Gasteiger partial charge on any atom is 0.264 e. The van der Waals surface area contributed by atoms with Crippen LogP contribution in [0.5, 0.6) is 0 Å². The number of benzene rings is 3. The number of rotatable bonds is 4. The molecular formula is C25H16ClN5O2S. The number of amidine groups is 1. The summed E-state index contributed by atoms with van der Waals surface area (Å²) in [4.78, 5) is 38.5. The lowest BCUT2D eigenvalue weighted by Gasteiger charge is -2.09. The number of amides is 2. The third-order valence-electron chi connectivity index (χ3n) is 4.93. The topological polar surface area (TPSA) is 96.3 Å². The summed E-state index contributed by atoms with van der Waals surface area (Å²) >= 11 is 7.71. The first kappa shape index (κ1) is 21.8. The number of nitrogens with one attached hydrogen (secondary N) is 2. The first-order chi connectivity index (χ1) is 16.6.